The highest BCUT2D eigenvalue weighted by atomic mass is 16.7. The third-order valence-corrected chi connectivity index (χ3v) is 1.91. The minimum atomic E-state index is -0.539. The van der Waals surface area contributed by atoms with Gasteiger partial charge >= 0.3 is 5.69 Å². The molecule has 0 saturated carbocycles. The van der Waals surface area contributed by atoms with Gasteiger partial charge in [0.05, 0.1) is 11.5 Å². The van der Waals surface area contributed by atoms with Crippen molar-refractivity contribution in [2.75, 3.05) is 13.4 Å². The van der Waals surface area contributed by atoms with Gasteiger partial charge in [-0.15, -0.1) is 0 Å². The summed E-state index contributed by atoms with van der Waals surface area (Å²) in [4.78, 5) is 10.1. The van der Waals surface area contributed by atoms with Crippen LogP contribution in [0, 0.1) is 10.1 Å². The van der Waals surface area contributed by atoms with Crippen molar-refractivity contribution >= 4 is 5.69 Å². The molecule has 0 aliphatic carbocycles. The highest BCUT2D eigenvalue weighted by Crippen LogP contribution is 2.27. The number of aliphatic hydroxyl groups excluding tert-OH is 1. The van der Waals surface area contributed by atoms with Crippen LogP contribution in [0.15, 0.2) is 18.2 Å². The first-order valence-electron chi connectivity index (χ1n) is 4.77. The van der Waals surface area contributed by atoms with Gasteiger partial charge in [-0.1, -0.05) is 0 Å². The van der Waals surface area contributed by atoms with Gasteiger partial charge in [-0.25, -0.2) is 0 Å². The van der Waals surface area contributed by atoms with Crippen LogP contribution in [0.2, 0.25) is 0 Å². The van der Waals surface area contributed by atoms with Crippen LogP contribution in [-0.4, -0.2) is 23.4 Å². The molecular weight excluding hydrogens is 214 g/mol. The number of rotatable bonds is 6. The summed E-state index contributed by atoms with van der Waals surface area (Å²) in [7, 11) is 0. The molecular formula is C10H13NO5. The number of aliphatic hydroxyl groups is 1. The molecule has 0 aliphatic heterocycles. The van der Waals surface area contributed by atoms with Crippen LogP contribution in [-0.2, 0) is 11.3 Å². The highest BCUT2D eigenvalue weighted by Gasteiger charge is 2.15. The molecule has 0 amide bonds. The van der Waals surface area contributed by atoms with Crippen molar-refractivity contribution in [3.8, 4) is 5.75 Å². The van der Waals surface area contributed by atoms with E-state index in [0.29, 0.717) is 12.2 Å². The fraction of sp³-hybridized carbons (Fsp3) is 0.400. The van der Waals surface area contributed by atoms with Crippen molar-refractivity contribution in [2.24, 2.45) is 0 Å². The van der Waals surface area contributed by atoms with E-state index in [1.807, 2.05) is 0 Å². The molecule has 0 saturated heterocycles. The molecule has 16 heavy (non-hydrogen) atoms. The Bertz CT molecular complexity index is 366. The lowest BCUT2D eigenvalue weighted by atomic mass is 10.2. The molecule has 0 aliphatic rings. The van der Waals surface area contributed by atoms with Crippen LogP contribution in [0.25, 0.3) is 0 Å². The summed E-state index contributed by atoms with van der Waals surface area (Å²) in [6, 6.07) is 4.20. The van der Waals surface area contributed by atoms with Gasteiger partial charge in [-0.3, -0.25) is 10.1 Å². The number of benzene rings is 1. The van der Waals surface area contributed by atoms with E-state index in [-0.39, 0.29) is 24.8 Å². The predicted octanol–water partition coefficient (Wildman–Crippen LogP) is 1.46. The van der Waals surface area contributed by atoms with Gasteiger partial charge in [0.1, 0.15) is 0 Å². The Morgan fingerprint density at radius 1 is 1.50 bits per heavy atom. The van der Waals surface area contributed by atoms with Crippen molar-refractivity contribution < 1.29 is 19.5 Å². The molecule has 6 heteroatoms. The van der Waals surface area contributed by atoms with E-state index in [4.69, 9.17) is 14.6 Å². The Hall–Kier alpha value is -1.66. The SMILES string of the molecule is CCOCOc1cc(CO)ccc1[N+](=O)[O-]. The fourth-order valence-electron chi connectivity index (χ4n) is 1.11. The summed E-state index contributed by atoms with van der Waals surface area (Å²) in [5, 5.41) is 19.6. The number of ether oxygens (including phenoxy) is 2. The molecule has 0 unspecified atom stereocenters. The highest BCUT2D eigenvalue weighted by molar-refractivity contribution is 5.48. The molecule has 0 aromatic heterocycles. The van der Waals surface area contributed by atoms with Gasteiger partial charge in [0.25, 0.3) is 0 Å². The van der Waals surface area contributed by atoms with Crippen LogP contribution in [0.3, 0.4) is 0 Å². The molecule has 6 nitrogen and oxygen atoms in total. The Morgan fingerprint density at radius 3 is 2.81 bits per heavy atom. The molecule has 1 aromatic carbocycles. The van der Waals surface area contributed by atoms with Crippen LogP contribution >= 0.6 is 0 Å². The maximum atomic E-state index is 10.7. The first-order chi connectivity index (χ1) is 7.69. The molecule has 0 atom stereocenters. The fourth-order valence-corrected chi connectivity index (χ4v) is 1.11. The third-order valence-electron chi connectivity index (χ3n) is 1.91. The number of nitro groups is 1. The standard InChI is InChI=1S/C10H13NO5/c1-2-15-7-16-10-5-8(6-12)3-4-9(10)11(13)14/h3-5,12H,2,6-7H2,1H3. The first kappa shape index (κ1) is 12.4. The van der Waals surface area contributed by atoms with E-state index in [0.717, 1.165) is 0 Å². The van der Waals surface area contributed by atoms with Gasteiger partial charge in [-0.05, 0) is 24.6 Å². The Kier molecular flexibility index (Phi) is 4.68. The predicted molar refractivity (Wildman–Crippen MR) is 56.1 cm³/mol. The van der Waals surface area contributed by atoms with E-state index < -0.39 is 4.92 Å². The minimum Gasteiger partial charge on any atom is -0.460 e. The molecule has 1 rings (SSSR count). The average molecular weight is 227 g/mol. The zero-order valence-electron chi connectivity index (χ0n) is 8.88. The van der Waals surface area contributed by atoms with E-state index >= 15 is 0 Å². The zero-order chi connectivity index (χ0) is 12.0. The maximum Gasteiger partial charge on any atom is 0.311 e. The van der Waals surface area contributed by atoms with Crippen molar-refractivity contribution in [3.05, 3.63) is 33.9 Å². The molecule has 88 valence electrons. The van der Waals surface area contributed by atoms with Crippen molar-refractivity contribution in [1.29, 1.82) is 0 Å². The molecule has 1 N–H and O–H groups in total. The lowest BCUT2D eigenvalue weighted by molar-refractivity contribution is -0.386. The Labute approximate surface area is 92.6 Å². The molecule has 0 spiro atoms. The Morgan fingerprint density at radius 2 is 2.25 bits per heavy atom. The summed E-state index contributed by atoms with van der Waals surface area (Å²) in [6.07, 6.45) is 0. The number of hydrogen-bond acceptors (Lipinski definition) is 5. The lowest BCUT2D eigenvalue weighted by Crippen LogP contribution is -2.04. The average Bonchev–Trinajstić information content (AvgIpc) is 2.29. The number of hydrogen-bond donors (Lipinski definition) is 1. The van der Waals surface area contributed by atoms with Gasteiger partial charge in [0, 0.05) is 12.7 Å². The van der Waals surface area contributed by atoms with Gasteiger partial charge in [0.2, 0.25) is 0 Å². The van der Waals surface area contributed by atoms with E-state index in [9.17, 15) is 10.1 Å². The minimum absolute atomic E-state index is 0.0494. The van der Waals surface area contributed by atoms with Crippen molar-refractivity contribution in [2.45, 2.75) is 13.5 Å². The normalized spacial score (nSPS) is 10.1. The number of nitro benzene ring substituents is 1. The van der Waals surface area contributed by atoms with E-state index in [1.54, 1.807) is 6.92 Å². The summed E-state index contributed by atoms with van der Waals surface area (Å²) < 4.78 is 10.0. The molecule has 0 heterocycles. The van der Waals surface area contributed by atoms with Gasteiger partial charge < -0.3 is 14.6 Å². The smallest absolute Gasteiger partial charge is 0.311 e. The molecule has 0 bridgehead atoms. The summed E-state index contributed by atoms with van der Waals surface area (Å²) in [6.45, 7) is 2.02. The van der Waals surface area contributed by atoms with Gasteiger partial charge in [0.15, 0.2) is 12.5 Å². The van der Waals surface area contributed by atoms with Crippen LogP contribution in [0.5, 0.6) is 5.75 Å². The number of nitrogens with zero attached hydrogens (tertiary/aromatic N) is 1. The van der Waals surface area contributed by atoms with Crippen LogP contribution in [0.4, 0.5) is 5.69 Å². The first-order valence-corrected chi connectivity index (χ1v) is 4.77. The monoisotopic (exact) mass is 227 g/mol. The van der Waals surface area contributed by atoms with Crippen molar-refractivity contribution in [3.63, 3.8) is 0 Å². The topological polar surface area (TPSA) is 81.8 Å². The second-order valence-corrected chi connectivity index (χ2v) is 2.97. The van der Waals surface area contributed by atoms with Crippen LogP contribution in [0.1, 0.15) is 12.5 Å². The van der Waals surface area contributed by atoms with E-state index in [1.165, 1.54) is 18.2 Å². The third kappa shape index (κ3) is 3.18. The maximum absolute atomic E-state index is 10.7. The largest absolute Gasteiger partial charge is 0.460 e. The summed E-state index contributed by atoms with van der Waals surface area (Å²) in [5.41, 5.74) is 0.411. The molecule has 1 aromatic rings. The second-order valence-electron chi connectivity index (χ2n) is 2.97. The molecule has 0 fully saturated rings. The van der Waals surface area contributed by atoms with Gasteiger partial charge in [-0.2, -0.15) is 0 Å². The summed E-state index contributed by atoms with van der Waals surface area (Å²) in [5.74, 6) is 0.102. The Balaban J connectivity index is 2.87. The second kappa shape index (κ2) is 6.04. The molecule has 0 radical (unpaired) electrons. The van der Waals surface area contributed by atoms with Crippen LogP contribution < -0.4 is 4.74 Å². The van der Waals surface area contributed by atoms with Crippen molar-refractivity contribution in [1.82, 2.24) is 0 Å². The van der Waals surface area contributed by atoms with E-state index in [2.05, 4.69) is 0 Å². The summed E-state index contributed by atoms with van der Waals surface area (Å²) >= 11 is 0. The quantitative estimate of drug-likeness (QED) is 0.344. The zero-order valence-corrected chi connectivity index (χ0v) is 8.88. The lowest BCUT2D eigenvalue weighted by Gasteiger charge is -2.07.